The van der Waals surface area contributed by atoms with Gasteiger partial charge >= 0.3 is 19.4 Å². The minimum absolute atomic E-state index is 0.00977. The molecule has 2 aromatic rings. The molecule has 3 rings (SSSR count). The number of ether oxygens (including phenoxy) is 2. The van der Waals surface area contributed by atoms with Crippen LogP contribution in [0.15, 0.2) is 52.2 Å². The second-order valence-electron chi connectivity index (χ2n) is 8.73. The first-order valence-electron chi connectivity index (χ1n) is 11.4. The topological polar surface area (TPSA) is 178 Å². The van der Waals surface area contributed by atoms with Gasteiger partial charge in [0.1, 0.15) is 24.0 Å². The Morgan fingerprint density at radius 2 is 1.87 bits per heavy atom. The van der Waals surface area contributed by atoms with Crippen molar-refractivity contribution in [3.8, 4) is 5.75 Å². The van der Waals surface area contributed by atoms with E-state index in [4.69, 9.17) is 18.5 Å². The highest BCUT2D eigenvalue weighted by molar-refractivity contribution is 7.52. The molecular formula is C22H28F2N3O10P. The average molecular weight is 563 g/mol. The van der Waals surface area contributed by atoms with E-state index in [1.807, 2.05) is 4.98 Å². The van der Waals surface area contributed by atoms with E-state index in [-0.39, 0.29) is 5.75 Å². The summed E-state index contributed by atoms with van der Waals surface area (Å²) >= 11 is 0. The van der Waals surface area contributed by atoms with E-state index in [1.165, 1.54) is 31.2 Å². The Morgan fingerprint density at radius 1 is 1.21 bits per heavy atom. The van der Waals surface area contributed by atoms with Crippen molar-refractivity contribution in [3.63, 3.8) is 0 Å². The highest BCUT2D eigenvalue weighted by Crippen LogP contribution is 2.49. The summed E-state index contributed by atoms with van der Waals surface area (Å²) in [7, 11) is -4.66. The van der Waals surface area contributed by atoms with Crippen LogP contribution < -0.4 is 20.9 Å². The molecule has 0 aliphatic carbocycles. The summed E-state index contributed by atoms with van der Waals surface area (Å²) in [5.74, 6) is -0.849. The summed E-state index contributed by atoms with van der Waals surface area (Å²) in [5, 5.41) is 23.3. The van der Waals surface area contributed by atoms with Gasteiger partial charge in [-0.05, 0) is 32.9 Å². The van der Waals surface area contributed by atoms with Crippen molar-refractivity contribution in [2.75, 3.05) is 6.61 Å². The smallest absolute Gasteiger partial charge is 0.459 e. The Labute approximate surface area is 214 Å². The molecule has 1 aliphatic heterocycles. The summed E-state index contributed by atoms with van der Waals surface area (Å²) in [5.41, 5.74) is -4.89. The van der Waals surface area contributed by atoms with Gasteiger partial charge in [-0.2, -0.15) is 5.09 Å². The van der Waals surface area contributed by atoms with Crippen LogP contribution in [0.4, 0.5) is 8.78 Å². The number of aromatic amines is 1. The lowest BCUT2D eigenvalue weighted by molar-refractivity contribution is -0.192. The van der Waals surface area contributed by atoms with E-state index < -0.39 is 74.2 Å². The molecule has 6 atom stereocenters. The minimum atomic E-state index is -4.66. The van der Waals surface area contributed by atoms with Gasteiger partial charge in [0.2, 0.25) is 0 Å². The number of benzene rings is 1. The van der Waals surface area contributed by atoms with Gasteiger partial charge < -0.3 is 24.2 Å². The summed E-state index contributed by atoms with van der Waals surface area (Å²) < 4.78 is 63.9. The maximum atomic E-state index is 14.4. The third kappa shape index (κ3) is 6.54. The highest BCUT2D eigenvalue weighted by atomic mass is 31.2. The number of para-hydroxylation sites is 1. The van der Waals surface area contributed by atoms with Gasteiger partial charge in [-0.25, -0.2) is 18.1 Å². The first kappa shape index (κ1) is 29.6. The Hall–Kier alpha value is -2.94. The van der Waals surface area contributed by atoms with E-state index >= 15 is 0 Å². The molecule has 0 bridgehead atoms. The maximum absolute atomic E-state index is 14.4. The van der Waals surface area contributed by atoms with E-state index in [2.05, 4.69) is 5.09 Å². The Kier molecular flexibility index (Phi) is 9.23. The molecule has 0 spiro atoms. The Morgan fingerprint density at radius 3 is 2.45 bits per heavy atom. The molecule has 16 heteroatoms. The minimum Gasteiger partial charge on any atom is -0.462 e. The monoisotopic (exact) mass is 563 g/mol. The Balaban J connectivity index is 1.90. The number of esters is 1. The third-order valence-corrected chi connectivity index (χ3v) is 7.06. The molecule has 1 aliphatic rings. The van der Waals surface area contributed by atoms with Crippen LogP contribution in [-0.4, -0.2) is 68.7 Å². The van der Waals surface area contributed by atoms with Crippen molar-refractivity contribution in [2.24, 2.45) is 0 Å². The van der Waals surface area contributed by atoms with Crippen LogP contribution in [-0.2, 0) is 23.4 Å². The zero-order valence-corrected chi connectivity index (χ0v) is 21.4. The third-order valence-electron chi connectivity index (χ3n) is 5.44. The van der Waals surface area contributed by atoms with Gasteiger partial charge in [0.05, 0.1) is 12.7 Å². The number of H-pyrrole nitrogens is 1. The van der Waals surface area contributed by atoms with Crippen LogP contribution in [0.2, 0.25) is 0 Å². The lowest BCUT2D eigenvalue weighted by Gasteiger charge is -2.32. The fourth-order valence-electron chi connectivity index (χ4n) is 3.54. The second kappa shape index (κ2) is 11.8. The van der Waals surface area contributed by atoms with Gasteiger partial charge in [-0.1, -0.05) is 18.2 Å². The molecule has 1 saturated heterocycles. The average Bonchev–Trinajstić information content (AvgIpc) is 3.09. The van der Waals surface area contributed by atoms with Gasteiger partial charge in [0.15, 0.2) is 11.8 Å². The number of alkyl halides is 2. The summed E-state index contributed by atoms with van der Waals surface area (Å²) in [6, 6.07) is 7.06. The molecule has 4 N–H and O–H groups in total. The van der Waals surface area contributed by atoms with Crippen LogP contribution in [0.5, 0.6) is 5.75 Å². The van der Waals surface area contributed by atoms with Crippen molar-refractivity contribution in [1.29, 1.82) is 0 Å². The molecule has 38 heavy (non-hydrogen) atoms. The quantitative estimate of drug-likeness (QED) is 0.226. The maximum Gasteiger partial charge on any atom is 0.459 e. The summed E-state index contributed by atoms with van der Waals surface area (Å²) in [4.78, 5) is 37.6. The number of hydrogen-bond donors (Lipinski definition) is 4. The predicted octanol–water partition coefficient (Wildman–Crippen LogP) is 0.925. The number of aliphatic hydroxyl groups excluding tert-OH is 2. The largest absolute Gasteiger partial charge is 0.462 e. The highest BCUT2D eigenvalue weighted by Gasteiger charge is 2.61. The van der Waals surface area contributed by atoms with Crippen molar-refractivity contribution in [2.45, 2.75) is 63.4 Å². The molecular weight excluding hydrogens is 535 g/mol. The number of rotatable bonds is 11. The summed E-state index contributed by atoms with van der Waals surface area (Å²) in [6.45, 7) is 3.13. The number of nitrogens with zero attached hydrogens (tertiary/aromatic N) is 1. The first-order chi connectivity index (χ1) is 17.8. The number of aliphatic hydroxyl groups is 2. The Bertz CT molecular complexity index is 1270. The van der Waals surface area contributed by atoms with Gasteiger partial charge in [-0.3, -0.25) is 23.7 Å². The standard InChI is InChI=1S/C22H28F2N3O10P/c1-12(2)35-19(31)13(3)26-38(33,37-14-7-5-4-6-8-14)34-11-22(20(23)24)17(30)16(29)18(36-22)27-10-9-15(28)25-21(27)32/h4-10,12-13,16-18,20,29-30H,11H2,1-3H3,(H,26,33)(H,25,28,32)/t13-,16+,17+,18+,22-,38?/m1/s1. The second-order valence-corrected chi connectivity index (χ2v) is 10.4. The molecule has 0 amide bonds. The predicted molar refractivity (Wildman–Crippen MR) is 127 cm³/mol. The fraction of sp³-hybridized carbons (Fsp3) is 0.500. The number of nitrogens with one attached hydrogen (secondary N) is 2. The number of carbonyl (C=O) groups excluding carboxylic acids is 1. The van der Waals surface area contributed by atoms with Crippen LogP contribution in [0, 0.1) is 0 Å². The van der Waals surface area contributed by atoms with Crippen molar-refractivity contribution >= 4 is 13.7 Å². The lowest BCUT2D eigenvalue weighted by atomic mass is 9.96. The molecule has 0 radical (unpaired) electrons. The van der Waals surface area contributed by atoms with Gasteiger partial charge in [0, 0.05) is 12.3 Å². The van der Waals surface area contributed by atoms with Crippen LogP contribution in [0.25, 0.3) is 0 Å². The summed E-state index contributed by atoms with van der Waals surface area (Å²) in [6.07, 6.45) is -9.46. The number of aromatic nitrogens is 2. The van der Waals surface area contributed by atoms with Crippen LogP contribution in [0.1, 0.15) is 27.0 Å². The number of halogens is 2. The van der Waals surface area contributed by atoms with Crippen molar-refractivity contribution < 1.29 is 46.9 Å². The first-order valence-corrected chi connectivity index (χ1v) is 12.9. The zero-order valence-electron chi connectivity index (χ0n) is 20.5. The number of hydrogen-bond acceptors (Lipinski definition) is 10. The fourth-order valence-corrected chi connectivity index (χ4v) is 5.07. The van der Waals surface area contributed by atoms with E-state index in [0.717, 1.165) is 12.3 Å². The van der Waals surface area contributed by atoms with E-state index in [0.29, 0.717) is 4.57 Å². The normalized spacial score (nSPS) is 25.8. The molecule has 0 saturated carbocycles. The van der Waals surface area contributed by atoms with E-state index in [9.17, 15) is 37.9 Å². The molecule has 1 aromatic heterocycles. The zero-order chi connectivity index (χ0) is 28.3. The van der Waals surface area contributed by atoms with Crippen molar-refractivity contribution in [1.82, 2.24) is 14.6 Å². The molecule has 2 heterocycles. The van der Waals surface area contributed by atoms with E-state index in [1.54, 1.807) is 19.9 Å². The van der Waals surface area contributed by atoms with Gasteiger partial charge in [-0.15, -0.1) is 0 Å². The SMILES string of the molecule is CC(C)OC(=O)[C@@H](C)NP(=O)(OC[C@@]1(C(F)F)O[C@H](n2ccc(=O)[nH]c2=O)[C@@H](O)[C@@H]1O)Oc1ccccc1. The van der Waals surface area contributed by atoms with Crippen LogP contribution >= 0.6 is 7.75 Å². The van der Waals surface area contributed by atoms with Crippen molar-refractivity contribution in [3.05, 3.63) is 63.4 Å². The van der Waals surface area contributed by atoms with Gasteiger partial charge in [0.25, 0.3) is 12.0 Å². The molecule has 1 aromatic carbocycles. The molecule has 1 fully saturated rings. The van der Waals surface area contributed by atoms with Crippen LogP contribution in [0.3, 0.4) is 0 Å². The molecule has 1 unspecified atom stereocenters. The molecule has 210 valence electrons. The molecule has 13 nitrogen and oxygen atoms in total. The lowest BCUT2D eigenvalue weighted by Crippen LogP contribution is -2.53. The number of carbonyl (C=O) groups is 1.